The molecule has 1 aromatic heterocycles. The normalized spacial score (nSPS) is 9.91. The highest BCUT2D eigenvalue weighted by atomic mass is 16.4. The maximum Gasteiger partial charge on any atom is 0.352 e. The summed E-state index contributed by atoms with van der Waals surface area (Å²) < 4.78 is 0. The van der Waals surface area contributed by atoms with E-state index in [4.69, 9.17) is 10.8 Å². The van der Waals surface area contributed by atoms with E-state index in [9.17, 15) is 4.79 Å². The molecule has 11 heavy (non-hydrogen) atoms. The minimum absolute atomic E-state index is 0.246. The highest BCUT2D eigenvalue weighted by Crippen LogP contribution is 2.06. The molecule has 0 spiro atoms. The number of aromatic carboxylic acids is 1. The summed E-state index contributed by atoms with van der Waals surface area (Å²) in [6.45, 7) is 0.470. The molecule has 60 valence electrons. The van der Waals surface area contributed by atoms with Gasteiger partial charge in [-0.25, -0.2) is 4.79 Å². The summed E-state index contributed by atoms with van der Waals surface area (Å²) in [5.41, 5.74) is 6.29. The minimum atomic E-state index is -0.932. The van der Waals surface area contributed by atoms with Crippen molar-refractivity contribution >= 4 is 5.97 Å². The fraction of sp³-hybridized carbons (Fsp3) is 0.286. The van der Waals surface area contributed by atoms with Gasteiger partial charge in [0, 0.05) is 6.20 Å². The van der Waals surface area contributed by atoms with Gasteiger partial charge < -0.3 is 15.8 Å². The summed E-state index contributed by atoms with van der Waals surface area (Å²) in [7, 11) is 0. The standard InChI is InChI=1S/C7H10N2O2/c8-3-1-5-2-4-9-6(5)7(10)11/h2,4,9H,1,3,8H2,(H,10,11). The van der Waals surface area contributed by atoms with Crippen LogP contribution in [0, 0.1) is 0 Å². The van der Waals surface area contributed by atoms with Crippen LogP contribution in [0.3, 0.4) is 0 Å². The van der Waals surface area contributed by atoms with Gasteiger partial charge in [-0.15, -0.1) is 0 Å². The monoisotopic (exact) mass is 154 g/mol. The van der Waals surface area contributed by atoms with Crippen LogP contribution in [0.15, 0.2) is 12.3 Å². The Labute approximate surface area is 64.0 Å². The number of H-pyrrole nitrogens is 1. The van der Waals surface area contributed by atoms with E-state index in [-0.39, 0.29) is 5.69 Å². The highest BCUT2D eigenvalue weighted by Gasteiger charge is 2.08. The van der Waals surface area contributed by atoms with Crippen molar-refractivity contribution in [1.82, 2.24) is 4.98 Å². The quantitative estimate of drug-likeness (QED) is 0.582. The molecule has 0 fully saturated rings. The molecule has 0 aliphatic rings. The first-order valence-corrected chi connectivity index (χ1v) is 3.35. The third-order valence-corrected chi connectivity index (χ3v) is 1.46. The van der Waals surface area contributed by atoms with Crippen molar-refractivity contribution in [2.75, 3.05) is 6.54 Å². The Morgan fingerprint density at radius 2 is 2.45 bits per heavy atom. The zero-order chi connectivity index (χ0) is 8.27. The van der Waals surface area contributed by atoms with E-state index in [1.807, 2.05) is 0 Å². The van der Waals surface area contributed by atoms with Crippen molar-refractivity contribution < 1.29 is 9.90 Å². The molecule has 0 saturated heterocycles. The maximum absolute atomic E-state index is 10.5. The molecule has 0 bridgehead atoms. The number of hydrogen-bond donors (Lipinski definition) is 3. The summed E-state index contributed by atoms with van der Waals surface area (Å²) in [4.78, 5) is 13.1. The fourth-order valence-electron chi connectivity index (χ4n) is 0.965. The molecule has 0 atom stereocenters. The lowest BCUT2D eigenvalue weighted by molar-refractivity contribution is 0.0690. The lowest BCUT2D eigenvalue weighted by Gasteiger charge is -1.95. The molecule has 4 N–H and O–H groups in total. The van der Waals surface area contributed by atoms with Crippen molar-refractivity contribution in [3.8, 4) is 0 Å². The number of rotatable bonds is 3. The van der Waals surface area contributed by atoms with Crippen LogP contribution < -0.4 is 5.73 Å². The predicted octanol–water partition coefficient (Wildman–Crippen LogP) is 0.214. The van der Waals surface area contributed by atoms with Crippen LogP contribution in [0.5, 0.6) is 0 Å². The minimum Gasteiger partial charge on any atom is -0.477 e. The number of nitrogens with two attached hydrogens (primary N) is 1. The summed E-state index contributed by atoms with van der Waals surface area (Å²) in [6, 6.07) is 1.73. The summed E-state index contributed by atoms with van der Waals surface area (Å²) in [5, 5.41) is 8.61. The number of hydrogen-bond acceptors (Lipinski definition) is 2. The van der Waals surface area contributed by atoms with Gasteiger partial charge in [0.15, 0.2) is 0 Å². The van der Waals surface area contributed by atoms with Gasteiger partial charge in [0.1, 0.15) is 5.69 Å². The molecule has 4 heteroatoms. The molecule has 0 amide bonds. The van der Waals surface area contributed by atoms with Gasteiger partial charge in [-0.05, 0) is 24.6 Å². The van der Waals surface area contributed by atoms with Gasteiger partial charge in [0.05, 0.1) is 0 Å². The van der Waals surface area contributed by atoms with Crippen LogP contribution in [0.2, 0.25) is 0 Å². The summed E-state index contributed by atoms with van der Waals surface area (Å²) in [5.74, 6) is -0.932. The second-order valence-electron chi connectivity index (χ2n) is 2.22. The van der Waals surface area contributed by atoms with Gasteiger partial charge in [-0.3, -0.25) is 0 Å². The number of nitrogens with one attached hydrogen (secondary N) is 1. The van der Waals surface area contributed by atoms with Crippen molar-refractivity contribution in [2.24, 2.45) is 5.73 Å². The molecule has 4 nitrogen and oxygen atoms in total. The van der Waals surface area contributed by atoms with Crippen LogP contribution in [-0.4, -0.2) is 22.6 Å². The molecule has 0 saturated carbocycles. The number of aromatic amines is 1. The van der Waals surface area contributed by atoms with Gasteiger partial charge in [-0.1, -0.05) is 0 Å². The fourth-order valence-corrected chi connectivity index (χ4v) is 0.965. The average molecular weight is 154 g/mol. The van der Waals surface area contributed by atoms with E-state index in [1.54, 1.807) is 12.3 Å². The second-order valence-corrected chi connectivity index (χ2v) is 2.22. The first-order chi connectivity index (χ1) is 5.25. The van der Waals surface area contributed by atoms with Crippen molar-refractivity contribution in [1.29, 1.82) is 0 Å². The van der Waals surface area contributed by atoms with Gasteiger partial charge in [0.25, 0.3) is 0 Å². The largest absolute Gasteiger partial charge is 0.477 e. The second kappa shape index (κ2) is 3.21. The van der Waals surface area contributed by atoms with Gasteiger partial charge in [-0.2, -0.15) is 0 Å². The third-order valence-electron chi connectivity index (χ3n) is 1.46. The first-order valence-electron chi connectivity index (χ1n) is 3.35. The van der Waals surface area contributed by atoms with Crippen molar-refractivity contribution in [2.45, 2.75) is 6.42 Å². The summed E-state index contributed by atoms with van der Waals surface area (Å²) in [6.07, 6.45) is 2.21. The lowest BCUT2D eigenvalue weighted by atomic mass is 10.2. The lowest BCUT2D eigenvalue weighted by Crippen LogP contribution is -2.07. The van der Waals surface area contributed by atoms with E-state index in [1.165, 1.54) is 0 Å². The number of aromatic nitrogens is 1. The number of carboxylic acid groups (broad SMARTS) is 1. The topological polar surface area (TPSA) is 79.1 Å². The number of carbonyl (C=O) groups is 1. The van der Waals surface area contributed by atoms with Crippen molar-refractivity contribution in [3.05, 3.63) is 23.5 Å². The zero-order valence-corrected chi connectivity index (χ0v) is 6.00. The average Bonchev–Trinajstić information content (AvgIpc) is 2.36. The molecule has 1 aromatic rings. The molecule has 0 aliphatic heterocycles. The maximum atomic E-state index is 10.5. The summed E-state index contributed by atoms with van der Waals surface area (Å²) >= 11 is 0. The van der Waals surface area contributed by atoms with E-state index in [0.717, 1.165) is 5.56 Å². The molecule has 1 heterocycles. The van der Waals surface area contributed by atoms with E-state index >= 15 is 0 Å². The molecule has 0 unspecified atom stereocenters. The first kappa shape index (κ1) is 7.81. The SMILES string of the molecule is NCCc1cc[nH]c1C(=O)O. The Morgan fingerprint density at radius 3 is 3.00 bits per heavy atom. The van der Waals surface area contributed by atoms with Crippen LogP contribution in [0.4, 0.5) is 0 Å². The van der Waals surface area contributed by atoms with Crippen molar-refractivity contribution in [3.63, 3.8) is 0 Å². The van der Waals surface area contributed by atoms with Gasteiger partial charge in [0.2, 0.25) is 0 Å². The van der Waals surface area contributed by atoms with Gasteiger partial charge >= 0.3 is 5.97 Å². The molecule has 1 rings (SSSR count). The van der Waals surface area contributed by atoms with Crippen LogP contribution in [0.25, 0.3) is 0 Å². The van der Waals surface area contributed by atoms with E-state index in [2.05, 4.69) is 4.98 Å². The third kappa shape index (κ3) is 1.59. The highest BCUT2D eigenvalue weighted by molar-refractivity contribution is 5.87. The Balaban J connectivity index is 2.87. The zero-order valence-electron chi connectivity index (χ0n) is 6.00. The number of carboxylic acids is 1. The molecule has 0 aliphatic carbocycles. The molecule has 0 aromatic carbocycles. The Kier molecular flexibility index (Phi) is 2.28. The molecule has 0 radical (unpaired) electrons. The van der Waals surface area contributed by atoms with E-state index < -0.39 is 5.97 Å². The Bertz CT molecular complexity index is 255. The van der Waals surface area contributed by atoms with Crippen LogP contribution in [0.1, 0.15) is 16.1 Å². The van der Waals surface area contributed by atoms with E-state index in [0.29, 0.717) is 13.0 Å². The molecular formula is C7H10N2O2. The molecular weight excluding hydrogens is 144 g/mol. The Morgan fingerprint density at radius 1 is 1.73 bits per heavy atom. The smallest absolute Gasteiger partial charge is 0.352 e. The van der Waals surface area contributed by atoms with Crippen LogP contribution >= 0.6 is 0 Å². The van der Waals surface area contributed by atoms with Crippen LogP contribution in [-0.2, 0) is 6.42 Å². The Hall–Kier alpha value is -1.29. The predicted molar refractivity (Wildman–Crippen MR) is 40.5 cm³/mol.